The van der Waals surface area contributed by atoms with Gasteiger partial charge in [-0.1, -0.05) is 12.1 Å². The SMILES string of the molecule is N#Cc1ccccc1NC(=O)c1cc(C(=O)N2CCN(C=O)CC2)ccn1. The number of benzene rings is 1. The van der Waals surface area contributed by atoms with Gasteiger partial charge in [0.2, 0.25) is 6.41 Å². The molecular formula is C19H17N5O3. The summed E-state index contributed by atoms with van der Waals surface area (Å²) in [6, 6.07) is 11.6. The summed E-state index contributed by atoms with van der Waals surface area (Å²) in [4.78, 5) is 43.2. The maximum Gasteiger partial charge on any atom is 0.274 e. The van der Waals surface area contributed by atoms with Crippen molar-refractivity contribution in [2.45, 2.75) is 0 Å². The van der Waals surface area contributed by atoms with Gasteiger partial charge in [-0.3, -0.25) is 19.4 Å². The van der Waals surface area contributed by atoms with Gasteiger partial charge in [-0.25, -0.2) is 0 Å². The Hall–Kier alpha value is -3.73. The fourth-order valence-electron chi connectivity index (χ4n) is 2.78. The van der Waals surface area contributed by atoms with Crippen LogP contribution < -0.4 is 5.32 Å². The van der Waals surface area contributed by atoms with Crippen molar-refractivity contribution in [2.75, 3.05) is 31.5 Å². The molecule has 0 spiro atoms. The molecule has 1 aliphatic heterocycles. The quantitative estimate of drug-likeness (QED) is 0.819. The first-order chi connectivity index (χ1) is 13.1. The van der Waals surface area contributed by atoms with Crippen LogP contribution in [0.3, 0.4) is 0 Å². The number of hydrogen-bond acceptors (Lipinski definition) is 5. The Kier molecular flexibility index (Phi) is 5.42. The highest BCUT2D eigenvalue weighted by atomic mass is 16.2. The second-order valence-electron chi connectivity index (χ2n) is 5.97. The van der Waals surface area contributed by atoms with Crippen LogP contribution in [-0.4, -0.2) is 59.2 Å². The summed E-state index contributed by atoms with van der Waals surface area (Å²) in [5.74, 6) is -0.715. The predicted molar refractivity (Wildman–Crippen MR) is 96.9 cm³/mol. The standard InChI is InChI=1S/C19H17N5O3/c20-12-15-3-1-2-4-16(15)22-18(26)17-11-14(5-6-21-17)19(27)24-9-7-23(13-25)8-10-24/h1-6,11,13H,7-10H2,(H,22,26). The third kappa shape index (κ3) is 4.10. The molecule has 1 fully saturated rings. The number of anilines is 1. The molecule has 3 rings (SSSR count). The topological polar surface area (TPSA) is 106 Å². The van der Waals surface area contributed by atoms with Crippen LogP contribution in [0.15, 0.2) is 42.6 Å². The Morgan fingerprint density at radius 1 is 1.15 bits per heavy atom. The van der Waals surface area contributed by atoms with Gasteiger partial charge in [0.15, 0.2) is 0 Å². The fourth-order valence-corrected chi connectivity index (χ4v) is 2.78. The molecule has 0 saturated carbocycles. The third-order valence-corrected chi connectivity index (χ3v) is 4.29. The molecule has 0 atom stereocenters. The maximum absolute atomic E-state index is 12.6. The smallest absolute Gasteiger partial charge is 0.274 e. The van der Waals surface area contributed by atoms with E-state index in [0.717, 1.165) is 6.41 Å². The van der Waals surface area contributed by atoms with E-state index in [0.29, 0.717) is 43.0 Å². The number of rotatable bonds is 4. The number of pyridine rings is 1. The Morgan fingerprint density at radius 3 is 2.59 bits per heavy atom. The van der Waals surface area contributed by atoms with Gasteiger partial charge in [-0.15, -0.1) is 0 Å². The molecule has 1 aliphatic rings. The second-order valence-corrected chi connectivity index (χ2v) is 5.97. The summed E-state index contributed by atoms with van der Waals surface area (Å²) in [7, 11) is 0. The first kappa shape index (κ1) is 18.1. The van der Waals surface area contributed by atoms with E-state index in [9.17, 15) is 14.4 Å². The van der Waals surface area contributed by atoms with E-state index in [1.165, 1.54) is 12.3 Å². The zero-order valence-electron chi connectivity index (χ0n) is 14.5. The largest absolute Gasteiger partial charge is 0.342 e. The lowest BCUT2D eigenvalue weighted by atomic mass is 10.1. The Labute approximate surface area is 156 Å². The average molecular weight is 363 g/mol. The van der Waals surface area contributed by atoms with Crippen LogP contribution in [-0.2, 0) is 4.79 Å². The average Bonchev–Trinajstić information content (AvgIpc) is 2.73. The minimum absolute atomic E-state index is 0.0834. The molecule has 136 valence electrons. The highest BCUT2D eigenvalue weighted by Gasteiger charge is 2.22. The Morgan fingerprint density at radius 2 is 1.89 bits per heavy atom. The molecule has 2 heterocycles. The molecule has 1 saturated heterocycles. The Bertz CT molecular complexity index is 914. The summed E-state index contributed by atoms with van der Waals surface area (Å²) >= 11 is 0. The van der Waals surface area contributed by atoms with Crippen molar-refractivity contribution < 1.29 is 14.4 Å². The molecule has 27 heavy (non-hydrogen) atoms. The number of hydrogen-bond donors (Lipinski definition) is 1. The van der Waals surface area contributed by atoms with Crippen molar-refractivity contribution >= 4 is 23.9 Å². The molecule has 0 bridgehead atoms. The molecule has 1 aromatic carbocycles. The molecule has 1 aromatic heterocycles. The van der Waals surface area contributed by atoms with Crippen LogP contribution in [0.4, 0.5) is 5.69 Å². The van der Waals surface area contributed by atoms with Crippen LogP contribution in [0.1, 0.15) is 26.4 Å². The van der Waals surface area contributed by atoms with Crippen molar-refractivity contribution in [3.63, 3.8) is 0 Å². The van der Waals surface area contributed by atoms with Crippen molar-refractivity contribution in [3.8, 4) is 6.07 Å². The molecule has 0 radical (unpaired) electrons. The van der Waals surface area contributed by atoms with Gasteiger partial charge in [-0.05, 0) is 24.3 Å². The van der Waals surface area contributed by atoms with Crippen molar-refractivity contribution in [2.24, 2.45) is 0 Å². The van der Waals surface area contributed by atoms with Gasteiger partial charge in [0.05, 0.1) is 11.3 Å². The first-order valence-electron chi connectivity index (χ1n) is 8.37. The summed E-state index contributed by atoms with van der Waals surface area (Å²) in [6.45, 7) is 1.85. The maximum atomic E-state index is 12.6. The van der Waals surface area contributed by atoms with E-state index >= 15 is 0 Å². The third-order valence-electron chi connectivity index (χ3n) is 4.29. The number of nitrogens with zero attached hydrogens (tertiary/aromatic N) is 4. The fraction of sp³-hybridized carbons (Fsp3) is 0.211. The molecule has 2 aromatic rings. The number of para-hydroxylation sites is 1. The lowest BCUT2D eigenvalue weighted by Crippen LogP contribution is -2.48. The predicted octanol–water partition coefficient (Wildman–Crippen LogP) is 1.12. The van der Waals surface area contributed by atoms with E-state index in [1.54, 1.807) is 40.1 Å². The summed E-state index contributed by atoms with van der Waals surface area (Å²) in [5, 5.41) is 11.7. The van der Waals surface area contributed by atoms with Gasteiger partial charge < -0.3 is 15.1 Å². The van der Waals surface area contributed by atoms with E-state index in [2.05, 4.69) is 10.3 Å². The van der Waals surface area contributed by atoms with Crippen molar-refractivity contribution in [1.29, 1.82) is 5.26 Å². The molecule has 3 amide bonds. The van der Waals surface area contributed by atoms with Gasteiger partial charge in [0.25, 0.3) is 11.8 Å². The number of carbonyl (C=O) groups excluding carboxylic acids is 3. The van der Waals surface area contributed by atoms with Crippen LogP contribution >= 0.6 is 0 Å². The minimum atomic E-state index is -0.502. The van der Waals surface area contributed by atoms with Crippen LogP contribution in [0.5, 0.6) is 0 Å². The van der Waals surface area contributed by atoms with Gasteiger partial charge in [-0.2, -0.15) is 5.26 Å². The number of carbonyl (C=O) groups is 3. The van der Waals surface area contributed by atoms with Crippen LogP contribution in [0.25, 0.3) is 0 Å². The van der Waals surface area contributed by atoms with E-state index in [4.69, 9.17) is 5.26 Å². The molecule has 8 heteroatoms. The van der Waals surface area contributed by atoms with Crippen LogP contribution in [0, 0.1) is 11.3 Å². The highest BCUT2D eigenvalue weighted by molar-refractivity contribution is 6.05. The Balaban J connectivity index is 1.73. The number of nitriles is 1. The number of aromatic nitrogens is 1. The van der Waals surface area contributed by atoms with Crippen LogP contribution in [0.2, 0.25) is 0 Å². The van der Waals surface area contributed by atoms with E-state index in [1.807, 2.05) is 6.07 Å². The number of nitrogens with one attached hydrogen (secondary N) is 1. The van der Waals surface area contributed by atoms with E-state index < -0.39 is 5.91 Å². The molecule has 0 aliphatic carbocycles. The van der Waals surface area contributed by atoms with Gasteiger partial charge in [0.1, 0.15) is 11.8 Å². The zero-order chi connectivity index (χ0) is 19.2. The monoisotopic (exact) mass is 363 g/mol. The van der Waals surface area contributed by atoms with Gasteiger partial charge >= 0.3 is 0 Å². The minimum Gasteiger partial charge on any atom is -0.342 e. The zero-order valence-corrected chi connectivity index (χ0v) is 14.5. The van der Waals surface area contributed by atoms with E-state index in [-0.39, 0.29) is 11.6 Å². The molecule has 1 N–H and O–H groups in total. The lowest BCUT2D eigenvalue weighted by Gasteiger charge is -2.32. The normalized spacial score (nSPS) is 13.6. The number of amides is 3. The van der Waals surface area contributed by atoms with Crippen molar-refractivity contribution in [3.05, 3.63) is 59.4 Å². The highest BCUT2D eigenvalue weighted by Crippen LogP contribution is 2.15. The van der Waals surface area contributed by atoms with Crippen molar-refractivity contribution in [1.82, 2.24) is 14.8 Å². The summed E-state index contributed by atoms with van der Waals surface area (Å²) in [6.07, 6.45) is 2.18. The van der Waals surface area contributed by atoms with Gasteiger partial charge in [0, 0.05) is 37.9 Å². The summed E-state index contributed by atoms with van der Waals surface area (Å²) < 4.78 is 0. The second kappa shape index (κ2) is 8.10. The first-order valence-corrected chi connectivity index (χ1v) is 8.37. The molecular weight excluding hydrogens is 346 g/mol. The number of piperazine rings is 1. The summed E-state index contributed by atoms with van der Waals surface area (Å²) in [5.41, 5.74) is 1.16. The molecule has 8 nitrogen and oxygen atoms in total. The molecule has 0 unspecified atom stereocenters. The lowest BCUT2D eigenvalue weighted by molar-refractivity contribution is -0.119.